The molecule has 6 nitrogen and oxygen atoms in total. The third kappa shape index (κ3) is 4.80. The quantitative estimate of drug-likeness (QED) is 0.746. The van der Waals surface area contributed by atoms with Gasteiger partial charge < -0.3 is 20.1 Å². The highest BCUT2D eigenvalue weighted by molar-refractivity contribution is 6.33. The number of rotatable bonds is 4. The lowest BCUT2D eigenvalue weighted by Crippen LogP contribution is -2.37. The summed E-state index contributed by atoms with van der Waals surface area (Å²) >= 11 is 6.04. The van der Waals surface area contributed by atoms with Crippen molar-refractivity contribution in [3.8, 4) is 5.75 Å². The predicted molar refractivity (Wildman–Crippen MR) is 105 cm³/mol. The van der Waals surface area contributed by atoms with E-state index in [9.17, 15) is 9.59 Å². The molecule has 2 aromatic carbocycles. The number of hydrogen-bond acceptors (Lipinski definition) is 4. The summed E-state index contributed by atoms with van der Waals surface area (Å²) in [5.41, 5.74) is 1.22. The van der Waals surface area contributed by atoms with Gasteiger partial charge in [0.15, 0.2) is 5.60 Å². The van der Waals surface area contributed by atoms with Crippen molar-refractivity contribution in [3.63, 3.8) is 0 Å². The average molecular weight is 387 g/mol. The fourth-order valence-corrected chi connectivity index (χ4v) is 2.75. The first-order valence-corrected chi connectivity index (χ1v) is 8.71. The minimum Gasteiger partial charge on any atom is -0.479 e. The van der Waals surface area contributed by atoms with Crippen molar-refractivity contribution in [1.82, 2.24) is 0 Å². The molecule has 1 aliphatic heterocycles. The van der Waals surface area contributed by atoms with E-state index in [0.29, 0.717) is 22.1 Å². The maximum Gasteiger partial charge on any atom is 0.323 e. The fraction of sp³-hybridized carbons (Fsp3) is 0.200. The zero-order valence-corrected chi connectivity index (χ0v) is 15.7. The van der Waals surface area contributed by atoms with Gasteiger partial charge in [-0.15, -0.1) is 0 Å². The van der Waals surface area contributed by atoms with Crippen LogP contribution < -0.4 is 15.4 Å². The van der Waals surface area contributed by atoms with Crippen LogP contribution in [0.15, 0.2) is 48.5 Å². The molecule has 1 heterocycles. The molecule has 1 unspecified atom stereocenters. The molecular formula is C20H19ClN2O4. The number of halogens is 1. The molecule has 0 spiro atoms. The SMILES string of the molecule is CC(=O)OCC1(C)C=Cc2cc(NC(=O)Nc3ccccc3Cl)ccc2O1. The molecule has 7 heteroatoms. The summed E-state index contributed by atoms with van der Waals surface area (Å²) in [6.45, 7) is 3.31. The van der Waals surface area contributed by atoms with E-state index in [1.807, 2.05) is 19.1 Å². The van der Waals surface area contributed by atoms with Crippen LogP contribution in [0.2, 0.25) is 5.02 Å². The minimum absolute atomic E-state index is 0.124. The lowest BCUT2D eigenvalue weighted by Gasteiger charge is -2.31. The Hall–Kier alpha value is -2.99. The maximum absolute atomic E-state index is 12.2. The Morgan fingerprint density at radius 3 is 2.70 bits per heavy atom. The van der Waals surface area contributed by atoms with Crippen molar-refractivity contribution < 1.29 is 19.1 Å². The van der Waals surface area contributed by atoms with E-state index in [1.165, 1.54) is 6.92 Å². The summed E-state index contributed by atoms with van der Waals surface area (Å²) in [4.78, 5) is 23.2. The summed E-state index contributed by atoms with van der Waals surface area (Å²) in [7, 11) is 0. The topological polar surface area (TPSA) is 76.7 Å². The number of para-hydroxylation sites is 1. The number of hydrogen-bond donors (Lipinski definition) is 2. The van der Waals surface area contributed by atoms with Crippen molar-refractivity contribution >= 4 is 41.1 Å². The van der Waals surface area contributed by atoms with E-state index in [4.69, 9.17) is 21.1 Å². The van der Waals surface area contributed by atoms with Crippen LogP contribution in [0.5, 0.6) is 5.75 Å². The van der Waals surface area contributed by atoms with Crippen LogP contribution in [0.25, 0.3) is 6.08 Å². The summed E-state index contributed by atoms with van der Waals surface area (Å²) in [6, 6.07) is 11.9. The minimum atomic E-state index is -0.727. The highest BCUT2D eigenvalue weighted by Crippen LogP contribution is 2.33. The molecule has 3 rings (SSSR count). The van der Waals surface area contributed by atoms with Crippen LogP contribution in [0.3, 0.4) is 0 Å². The number of carbonyl (C=O) groups is 2. The molecule has 2 N–H and O–H groups in total. The molecular weight excluding hydrogens is 368 g/mol. The molecule has 2 amide bonds. The van der Waals surface area contributed by atoms with E-state index >= 15 is 0 Å². The molecule has 1 aliphatic rings. The highest BCUT2D eigenvalue weighted by atomic mass is 35.5. The Kier molecular flexibility index (Phi) is 5.37. The van der Waals surface area contributed by atoms with Crippen LogP contribution in [0.4, 0.5) is 16.2 Å². The van der Waals surface area contributed by atoms with Gasteiger partial charge in [-0.05, 0) is 43.3 Å². The molecule has 140 valence electrons. The van der Waals surface area contributed by atoms with Crippen LogP contribution in [0, 0.1) is 0 Å². The highest BCUT2D eigenvalue weighted by Gasteiger charge is 2.29. The normalized spacial score (nSPS) is 17.4. The Balaban J connectivity index is 1.67. The number of urea groups is 1. The van der Waals surface area contributed by atoms with Crippen molar-refractivity contribution in [2.45, 2.75) is 19.4 Å². The van der Waals surface area contributed by atoms with Gasteiger partial charge in [0.05, 0.1) is 10.7 Å². The Labute approximate surface area is 162 Å². The number of benzene rings is 2. The molecule has 0 aromatic heterocycles. The summed E-state index contributed by atoms with van der Waals surface area (Å²) in [6.07, 6.45) is 3.70. The van der Waals surface area contributed by atoms with Gasteiger partial charge in [0.1, 0.15) is 12.4 Å². The fourth-order valence-electron chi connectivity index (χ4n) is 2.57. The molecule has 2 aromatic rings. The predicted octanol–water partition coefficient (Wildman–Crippen LogP) is 4.71. The second kappa shape index (κ2) is 7.72. The van der Waals surface area contributed by atoms with E-state index < -0.39 is 11.6 Å². The van der Waals surface area contributed by atoms with Crippen LogP contribution >= 0.6 is 11.6 Å². The number of amides is 2. The van der Waals surface area contributed by atoms with Gasteiger partial charge >= 0.3 is 12.0 Å². The van der Waals surface area contributed by atoms with Gasteiger partial charge in [-0.25, -0.2) is 4.79 Å². The van der Waals surface area contributed by atoms with Crippen molar-refractivity contribution in [2.24, 2.45) is 0 Å². The zero-order chi connectivity index (χ0) is 19.4. The van der Waals surface area contributed by atoms with Crippen molar-refractivity contribution in [3.05, 3.63) is 59.1 Å². The lowest BCUT2D eigenvalue weighted by atomic mass is 10.0. The summed E-state index contributed by atoms with van der Waals surface area (Å²) < 4.78 is 11.0. The number of carbonyl (C=O) groups excluding carboxylic acids is 2. The van der Waals surface area contributed by atoms with Crippen LogP contribution in [0.1, 0.15) is 19.4 Å². The molecule has 1 atom stereocenters. The molecule has 0 fully saturated rings. The van der Waals surface area contributed by atoms with E-state index in [0.717, 1.165) is 5.56 Å². The zero-order valence-electron chi connectivity index (χ0n) is 14.9. The molecule has 0 aliphatic carbocycles. The second-order valence-corrected chi connectivity index (χ2v) is 6.75. The number of anilines is 2. The van der Waals surface area contributed by atoms with Gasteiger partial charge in [0, 0.05) is 18.2 Å². The van der Waals surface area contributed by atoms with Gasteiger partial charge in [0.2, 0.25) is 0 Å². The Morgan fingerprint density at radius 1 is 1.19 bits per heavy atom. The van der Waals surface area contributed by atoms with Gasteiger partial charge in [-0.3, -0.25) is 4.79 Å². The van der Waals surface area contributed by atoms with E-state index in [-0.39, 0.29) is 12.6 Å². The lowest BCUT2D eigenvalue weighted by molar-refractivity contribution is -0.145. The van der Waals surface area contributed by atoms with Gasteiger partial charge in [-0.1, -0.05) is 29.8 Å². The molecule has 0 bridgehead atoms. The smallest absolute Gasteiger partial charge is 0.323 e. The first-order valence-electron chi connectivity index (χ1n) is 8.33. The van der Waals surface area contributed by atoms with Gasteiger partial charge in [-0.2, -0.15) is 0 Å². The van der Waals surface area contributed by atoms with Crippen molar-refractivity contribution in [2.75, 3.05) is 17.2 Å². The number of nitrogens with one attached hydrogen (secondary N) is 2. The van der Waals surface area contributed by atoms with Crippen molar-refractivity contribution in [1.29, 1.82) is 0 Å². The standard InChI is InChI=1S/C20H19ClN2O4/c1-13(24)26-12-20(2)10-9-14-11-15(7-8-18(14)27-20)22-19(25)23-17-6-4-3-5-16(17)21/h3-11H,12H2,1-2H3,(H2,22,23,25). The first-order chi connectivity index (χ1) is 12.8. The van der Waals surface area contributed by atoms with E-state index in [2.05, 4.69) is 10.6 Å². The molecule has 0 saturated carbocycles. The first kappa shape index (κ1) is 18.8. The summed E-state index contributed by atoms with van der Waals surface area (Å²) in [5, 5.41) is 5.92. The maximum atomic E-state index is 12.2. The molecule has 0 saturated heterocycles. The van der Waals surface area contributed by atoms with Crippen LogP contribution in [-0.4, -0.2) is 24.2 Å². The van der Waals surface area contributed by atoms with Gasteiger partial charge in [0.25, 0.3) is 0 Å². The molecule has 0 radical (unpaired) electrons. The third-order valence-corrected chi connectivity index (χ3v) is 4.24. The monoisotopic (exact) mass is 386 g/mol. The van der Waals surface area contributed by atoms with E-state index in [1.54, 1.807) is 42.5 Å². The largest absolute Gasteiger partial charge is 0.479 e. The Bertz CT molecular complexity index is 913. The molecule has 27 heavy (non-hydrogen) atoms. The Morgan fingerprint density at radius 2 is 1.96 bits per heavy atom. The number of esters is 1. The second-order valence-electron chi connectivity index (χ2n) is 6.34. The third-order valence-electron chi connectivity index (χ3n) is 3.91. The summed E-state index contributed by atoms with van der Waals surface area (Å²) in [5.74, 6) is 0.285. The number of ether oxygens (including phenoxy) is 2. The van der Waals surface area contributed by atoms with Crippen LogP contribution in [-0.2, 0) is 9.53 Å². The average Bonchev–Trinajstić information content (AvgIpc) is 2.62. The number of fused-ring (bicyclic) bond motifs is 1.